The van der Waals surface area contributed by atoms with Crippen LogP contribution in [0.25, 0.3) is 0 Å². The van der Waals surface area contributed by atoms with Crippen LogP contribution in [0.3, 0.4) is 0 Å². The second-order valence-electron chi connectivity index (χ2n) is 26.0. The van der Waals surface area contributed by atoms with E-state index in [9.17, 15) is 51.5 Å². The van der Waals surface area contributed by atoms with Crippen molar-refractivity contribution in [1.82, 2.24) is 55.1 Å². The van der Waals surface area contributed by atoms with E-state index in [0.717, 1.165) is 21.9 Å². The van der Waals surface area contributed by atoms with E-state index >= 15 is 14.4 Å². The smallest absolute Gasteiger partial charge is 0.351 e. The molecule has 22 nitrogen and oxygen atoms in total. The number of fused-ring (bicyclic) bond motifs is 1. The first kappa shape index (κ1) is 76.6. The molecule has 26 heteroatoms. The fourth-order valence-corrected chi connectivity index (χ4v) is 11.8. The van der Waals surface area contributed by atoms with Crippen LogP contribution in [0.1, 0.15) is 110 Å². The molecule has 2 saturated heterocycles. The predicted molar refractivity (Wildman–Crippen MR) is 349 cm³/mol. The SMILES string of the molecule is CC[C@H](C)[C@@H]1NC(=O)[C@H](C)N(C)C(=O)C[C@@H](C)NC(=O)[C@H](C(C)C)N(C)C(=O)[C@H](Cc2ccccc2)N(C)C(=O)[C@H](CC(C)C)N(C)C(=O)[C@H](CCc2ccc(C(F)(F)F)cc2)NC(=O)CN(C)C(=O)[C@H](Cc2ccc(Cl)cc2)N(C)C(=O)C2CCN2C(=O)CN(C)C1=O. The molecule has 2 heterocycles. The van der Waals surface area contributed by atoms with Gasteiger partial charge in [-0.15, -0.1) is 0 Å². The number of nitrogens with zero attached hydrogens (tertiary/aromatic N) is 8. The van der Waals surface area contributed by atoms with E-state index in [-0.39, 0.29) is 57.4 Å². The lowest BCUT2D eigenvalue weighted by Gasteiger charge is -2.43. The summed E-state index contributed by atoms with van der Waals surface area (Å²) in [4.78, 5) is 170. The molecule has 10 atom stereocenters. The van der Waals surface area contributed by atoms with Gasteiger partial charge in [0.05, 0.1) is 18.7 Å². The van der Waals surface area contributed by atoms with Crippen LogP contribution < -0.4 is 16.0 Å². The van der Waals surface area contributed by atoms with Crippen LogP contribution in [0.5, 0.6) is 0 Å². The van der Waals surface area contributed by atoms with Gasteiger partial charge in [-0.3, -0.25) is 52.7 Å². The molecule has 2 aliphatic rings. The fraction of sp³-hybridized carbons (Fsp3) is 0.574. The molecule has 3 aromatic rings. The maximum atomic E-state index is 15.4. The number of alkyl halides is 3. The van der Waals surface area contributed by atoms with Gasteiger partial charge in [-0.25, -0.2) is 0 Å². The van der Waals surface area contributed by atoms with Gasteiger partial charge in [0.2, 0.25) is 65.0 Å². The summed E-state index contributed by atoms with van der Waals surface area (Å²) < 4.78 is 41.1. The number of aryl methyl sites for hydroxylation is 1. The standard InChI is InChI=1S/C68H95ClF3N11O11/c1-16-42(6)58-67(94)77(10)39-57(86)83-33-32-51(83)64(91)80(13)53(37-47-24-29-49(69)30-25-47)63(90)76(9)38-55(84)74-50(31-26-45-22-27-48(28-23-45)68(70,71)72)62(89)79(12)52(34-40(2)3)65(92)81(14)54(36-46-20-18-17-19-21-46)66(93)82(15)59(41(4)5)61(88)73-43(7)35-56(85)78(11)44(8)60(87)75-58/h17-25,27-30,40-44,50-54,58-59H,16,26,31-39H2,1-15H3,(H,73,88)(H,74,84)(H,75,87)/t42-,43+,44-,50-,51?,52-,53-,54-,58-,59-/m0/s1. The van der Waals surface area contributed by atoms with Gasteiger partial charge in [0.25, 0.3) is 0 Å². The Morgan fingerprint density at radius 2 is 1.10 bits per heavy atom. The van der Waals surface area contributed by atoms with E-state index < -0.39 is 156 Å². The van der Waals surface area contributed by atoms with Crippen molar-refractivity contribution in [3.63, 3.8) is 0 Å². The van der Waals surface area contributed by atoms with Crippen LogP contribution >= 0.6 is 11.6 Å². The summed E-state index contributed by atoms with van der Waals surface area (Å²) >= 11 is 6.24. The first-order valence-corrected chi connectivity index (χ1v) is 32.3. The Balaban J connectivity index is 1.61. The number of carbonyl (C=O) groups is 11. The monoisotopic (exact) mass is 1330 g/mol. The molecule has 0 spiro atoms. The molecule has 94 heavy (non-hydrogen) atoms. The number of amides is 11. The van der Waals surface area contributed by atoms with Crippen LogP contribution in [-0.4, -0.2) is 228 Å². The van der Waals surface area contributed by atoms with Crippen molar-refractivity contribution in [2.75, 3.05) is 69.0 Å². The average molecular weight is 1340 g/mol. The van der Waals surface area contributed by atoms with E-state index in [4.69, 9.17) is 11.6 Å². The largest absolute Gasteiger partial charge is 0.416 e. The van der Waals surface area contributed by atoms with Gasteiger partial charge in [-0.1, -0.05) is 114 Å². The predicted octanol–water partition coefficient (Wildman–Crippen LogP) is 5.08. The summed E-state index contributed by atoms with van der Waals surface area (Å²) in [5, 5.41) is 8.78. The number of likely N-dealkylation sites (N-methyl/N-ethyl adjacent to an activating group) is 7. The maximum Gasteiger partial charge on any atom is 0.416 e. The minimum atomic E-state index is -4.64. The summed E-state index contributed by atoms with van der Waals surface area (Å²) in [6, 6.07) is 8.94. The molecule has 11 amide bonds. The molecule has 2 aliphatic heterocycles. The maximum absolute atomic E-state index is 15.4. The van der Waals surface area contributed by atoms with Gasteiger partial charge in [0.15, 0.2) is 0 Å². The lowest BCUT2D eigenvalue weighted by atomic mass is 9.96. The highest BCUT2D eigenvalue weighted by Gasteiger charge is 2.45. The van der Waals surface area contributed by atoms with E-state index in [0.29, 0.717) is 28.1 Å². The minimum Gasteiger partial charge on any atom is -0.351 e. The number of carbonyl (C=O) groups excluding carboxylic acids is 11. The van der Waals surface area contributed by atoms with Gasteiger partial charge in [-0.2, -0.15) is 13.2 Å². The lowest BCUT2D eigenvalue weighted by Crippen LogP contribution is -2.63. The second-order valence-corrected chi connectivity index (χ2v) is 26.4. The Morgan fingerprint density at radius 3 is 1.64 bits per heavy atom. The Labute approximate surface area is 555 Å². The number of benzene rings is 3. The molecule has 3 aromatic carbocycles. The van der Waals surface area contributed by atoms with Gasteiger partial charge in [0, 0.05) is 86.2 Å². The zero-order chi connectivity index (χ0) is 70.4. The molecule has 516 valence electrons. The van der Waals surface area contributed by atoms with Gasteiger partial charge < -0.3 is 55.1 Å². The van der Waals surface area contributed by atoms with Crippen molar-refractivity contribution in [3.8, 4) is 0 Å². The molecule has 0 bridgehead atoms. The Hall–Kier alpha value is -8.09. The molecule has 1 unspecified atom stereocenters. The van der Waals surface area contributed by atoms with Crippen LogP contribution in [0.15, 0.2) is 78.9 Å². The summed E-state index contributed by atoms with van der Waals surface area (Å²) in [7, 11) is 9.74. The van der Waals surface area contributed by atoms with Crippen LogP contribution in [-0.2, 0) is 78.2 Å². The Bertz CT molecular complexity index is 3180. The number of hydrogen-bond acceptors (Lipinski definition) is 11. The average Bonchev–Trinajstić information content (AvgIpc) is 0.798. The lowest BCUT2D eigenvalue weighted by molar-refractivity contribution is -0.157. The molecule has 0 radical (unpaired) electrons. The van der Waals surface area contributed by atoms with E-state index in [1.54, 1.807) is 82.3 Å². The third-order valence-electron chi connectivity index (χ3n) is 18.0. The molecule has 0 saturated carbocycles. The van der Waals surface area contributed by atoms with Crippen molar-refractivity contribution in [1.29, 1.82) is 0 Å². The molecular formula is C68H95ClF3N11O11. The second kappa shape index (κ2) is 33.8. The Kier molecular flexibility index (Phi) is 27.6. The summed E-state index contributed by atoms with van der Waals surface area (Å²) in [6.07, 6.45) is -4.64. The summed E-state index contributed by atoms with van der Waals surface area (Å²) in [6.45, 7) is 12.7. The summed E-state index contributed by atoms with van der Waals surface area (Å²) in [5.41, 5.74) is 0.699. The molecule has 3 N–H and O–H groups in total. The van der Waals surface area contributed by atoms with Gasteiger partial charge in [0.1, 0.15) is 48.3 Å². The highest BCUT2D eigenvalue weighted by atomic mass is 35.5. The normalized spacial score (nSPS) is 24.7. The van der Waals surface area contributed by atoms with Gasteiger partial charge in [-0.05, 0) is 98.2 Å². The molecular weight excluding hydrogens is 1240 g/mol. The molecule has 0 aliphatic carbocycles. The third-order valence-corrected chi connectivity index (χ3v) is 18.3. The highest BCUT2D eigenvalue weighted by Crippen LogP contribution is 2.30. The topological polar surface area (TPSA) is 250 Å². The molecule has 0 aromatic heterocycles. The van der Waals surface area contributed by atoms with Crippen molar-refractivity contribution in [2.24, 2.45) is 17.8 Å². The van der Waals surface area contributed by atoms with Crippen molar-refractivity contribution in [2.45, 2.75) is 167 Å². The van der Waals surface area contributed by atoms with E-state index in [1.807, 2.05) is 20.8 Å². The fourth-order valence-electron chi connectivity index (χ4n) is 11.7. The van der Waals surface area contributed by atoms with E-state index in [1.165, 1.54) is 97.8 Å². The molecule has 2 fully saturated rings. The van der Waals surface area contributed by atoms with Crippen molar-refractivity contribution in [3.05, 3.63) is 106 Å². The van der Waals surface area contributed by atoms with E-state index in [2.05, 4.69) is 16.0 Å². The third kappa shape index (κ3) is 20.0. The number of nitrogens with one attached hydrogen (secondary N) is 3. The first-order chi connectivity index (χ1) is 44.0. The quantitative estimate of drug-likeness (QED) is 0.216. The highest BCUT2D eigenvalue weighted by molar-refractivity contribution is 6.30. The zero-order valence-electron chi connectivity index (χ0n) is 56.8. The van der Waals surface area contributed by atoms with Crippen molar-refractivity contribution >= 4 is 76.6 Å². The van der Waals surface area contributed by atoms with Crippen molar-refractivity contribution < 1.29 is 65.9 Å². The molecule has 5 rings (SSSR count). The minimum absolute atomic E-state index is 0.0416. The number of rotatable bonds is 12. The Morgan fingerprint density at radius 1 is 0.564 bits per heavy atom. The first-order valence-electron chi connectivity index (χ1n) is 31.9. The summed E-state index contributed by atoms with van der Waals surface area (Å²) in [5.74, 6) is -8.61. The van der Waals surface area contributed by atoms with Crippen LogP contribution in [0.4, 0.5) is 13.2 Å². The van der Waals surface area contributed by atoms with Gasteiger partial charge >= 0.3 is 6.18 Å². The number of hydrogen-bond donors (Lipinski definition) is 3. The zero-order valence-corrected chi connectivity index (χ0v) is 57.5. The van der Waals surface area contributed by atoms with Crippen LogP contribution in [0.2, 0.25) is 5.02 Å². The number of halogens is 4. The van der Waals surface area contributed by atoms with Crippen LogP contribution in [0, 0.1) is 17.8 Å².